The van der Waals surface area contributed by atoms with Crippen molar-refractivity contribution in [2.24, 2.45) is 5.92 Å². The number of H-pyrrole nitrogens is 1. The minimum Gasteiger partial charge on any atom is -0.336 e. The Kier molecular flexibility index (Phi) is 6.43. The predicted octanol–water partition coefficient (Wildman–Crippen LogP) is 2.64. The van der Waals surface area contributed by atoms with Crippen molar-refractivity contribution < 1.29 is 40.7 Å². The number of aromatic amines is 1. The zero-order chi connectivity index (χ0) is 26.4. The molecule has 1 aliphatic heterocycles. The Hall–Kier alpha value is -3.65. The molecule has 1 saturated heterocycles. The molecule has 4 rings (SSSR count). The van der Waals surface area contributed by atoms with Crippen LogP contribution in [0.5, 0.6) is 0 Å². The number of benzene rings is 1. The van der Waals surface area contributed by atoms with Crippen LogP contribution in [-0.2, 0) is 19.9 Å². The second kappa shape index (κ2) is 9.09. The molecule has 2 heterocycles. The molecule has 0 bridgehead atoms. The summed E-state index contributed by atoms with van der Waals surface area (Å²) in [4.78, 5) is 39.2. The van der Waals surface area contributed by atoms with E-state index in [9.17, 15) is 40.7 Å². The molecule has 0 unspecified atom stereocenters. The van der Waals surface area contributed by atoms with E-state index >= 15 is 0 Å². The Bertz CT molecular complexity index is 1180. The molecule has 1 aromatic heterocycles. The van der Waals surface area contributed by atoms with Crippen molar-refractivity contribution in [3.63, 3.8) is 0 Å². The highest BCUT2D eigenvalue weighted by Gasteiger charge is 2.60. The molecule has 3 amide bonds. The van der Waals surface area contributed by atoms with Crippen LogP contribution in [0.1, 0.15) is 43.9 Å². The first-order valence-electron chi connectivity index (χ1n) is 10.8. The lowest BCUT2D eigenvalue weighted by molar-refractivity contribution is -0.160. The van der Waals surface area contributed by atoms with Gasteiger partial charge in [-0.3, -0.25) is 14.4 Å². The first-order chi connectivity index (χ1) is 16.8. The number of anilines is 1. The number of likely N-dealkylation sites (tertiary alicyclic amines) is 1. The number of carbonyl (C=O) groups is 3. The van der Waals surface area contributed by atoms with Gasteiger partial charge in [0, 0.05) is 25.4 Å². The van der Waals surface area contributed by atoms with E-state index in [-0.39, 0.29) is 18.7 Å². The second-order valence-electron chi connectivity index (χ2n) is 8.85. The van der Waals surface area contributed by atoms with E-state index in [4.69, 9.17) is 0 Å². The highest BCUT2D eigenvalue weighted by molar-refractivity contribution is 6.35. The smallest absolute Gasteiger partial charge is 0.312 e. The van der Waals surface area contributed by atoms with Gasteiger partial charge in [0.2, 0.25) is 5.91 Å². The third kappa shape index (κ3) is 4.48. The molecule has 36 heavy (non-hydrogen) atoms. The summed E-state index contributed by atoms with van der Waals surface area (Å²) in [5.74, 6) is -10.2. The lowest BCUT2D eigenvalue weighted by Gasteiger charge is -2.46. The largest absolute Gasteiger partial charge is 0.336 e. The Balaban J connectivity index is 1.43. The summed E-state index contributed by atoms with van der Waals surface area (Å²) in [7, 11) is 0. The van der Waals surface area contributed by atoms with Crippen molar-refractivity contribution in [1.82, 2.24) is 25.6 Å². The molecular formula is C21H20F6N6O3. The lowest BCUT2D eigenvalue weighted by atomic mass is 9.71. The second-order valence-corrected chi connectivity index (χ2v) is 8.85. The molecule has 2 atom stereocenters. The fourth-order valence-electron chi connectivity index (χ4n) is 4.67. The van der Waals surface area contributed by atoms with Crippen LogP contribution in [0.15, 0.2) is 18.3 Å². The number of hydrogen-bond donors (Lipinski definition) is 3. The summed E-state index contributed by atoms with van der Waals surface area (Å²) in [6.07, 6.45) is -3.81. The van der Waals surface area contributed by atoms with Crippen LogP contribution in [0, 0.1) is 17.6 Å². The van der Waals surface area contributed by atoms with Crippen LogP contribution in [0.4, 0.5) is 32.0 Å². The van der Waals surface area contributed by atoms with Gasteiger partial charge in [-0.2, -0.15) is 15.4 Å². The van der Waals surface area contributed by atoms with Crippen molar-refractivity contribution in [2.45, 2.75) is 50.1 Å². The van der Waals surface area contributed by atoms with Crippen LogP contribution in [0.3, 0.4) is 0 Å². The molecule has 9 nitrogen and oxygen atoms in total. The van der Waals surface area contributed by atoms with Gasteiger partial charge in [-0.05, 0) is 25.5 Å². The molecule has 1 aromatic carbocycles. The predicted molar refractivity (Wildman–Crippen MR) is 110 cm³/mol. The quantitative estimate of drug-likeness (QED) is 0.415. The van der Waals surface area contributed by atoms with Crippen molar-refractivity contribution in [1.29, 1.82) is 0 Å². The monoisotopic (exact) mass is 518 g/mol. The number of carbonyl (C=O) groups excluding carboxylic acids is 3. The normalized spacial score (nSPS) is 22.3. The Morgan fingerprint density at radius 3 is 2.47 bits per heavy atom. The SMILES string of the molecule is C[C@H]1[C@@H](C(=O)Nc2ccc(F)c(C(F)F)c2F)CCN1C(=O)C(=O)NC1(c2cn[nH]n2)CC(F)(F)C1. The van der Waals surface area contributed by atoms with E-state index in [2.05, 4.69) is 26.0 Å². The number of aromatic nitrogens is 3. The van der Waals surface area contributed by atoms with Crippen LogP contribution in [0.25, 0.3) is 0 Å². The Labute approximate surface area is 199 Å². The lowest BCUT2D eigenvalue weighted by Crippen LogP contribution is -2.62. The number of hydrogen-bond acceptors (Lipinski definition) is 5. The zero-order valence-electron chi connectivity index (χ0n) is 18.6. The van der Waals surface area contributed by atoms with Crippen molar-refractivity contribution in [2.75, 3.05) is 11.9 Å². The minimum atomic E-state index is -3.45. The summed E-state index contributed by atoms with van der Waals surface area (Å²) in [6.45, 7) is 1.38. The maximum absolute atomic E-state index is 14.3. The van der Waals surface area contributed by atoms with Crippen LogP contribution in [-0.4, -0.2) is 56.5 Å². The van der Waals surface area contributed by atoms with Crippen molar-refractivity contribution >= 4 is 23.4 Å². The Morgan fingerprint density at radius 1 is 1.19 bits per heavy atom. The van der Waals surface area contributed by atoms with Gasteiger partial charge in [-0.15, -0.1) is 0 Å². The van der Waals surface area contributed by atoms with Crippen molar-refractivity contribution in [3.8, 4) is 0 Å². The fourth-order valence-corrected chi connectivity index (χ4v) is 4.67. The third-order valence-electron chi connectivity index (χ3n) is 6.53. The van der Waals surface area contributed by atoms with Gasteiger partial charge < -0.3 is 15.5 Å². The van der Waals surface area contributed by atoms with E-state index in [0.717, 1.165) is 17.2 Å². The fraction of sp³-hybridized carbons (Fsp3) is 0.476. The molecule has 0 spiro atoms. The molecule has 1 aliphatic carbocycles. The summed E-state index contributed by atoms with van der Waals surface area (Å²) in [6, 6.07) is 0.502. The van der Waals surface area contributed by atoms with E-state index in [1.807, 2.05) is 0 Å². The third-order valence-corrected chi connectivity index (χ3v) is 6.53. The van der Waals surface area contributed by atoms with E-state index < -0.39 is 83.3 Å². The minimum absolute atomic E-state index is 0.0331. The number of alkyl halides is 4. The van der Waals surface area contributed by atoms with Crippen LogP contribution < -0.4 is 10.6 Å². The highest BCUT2D eigenvalue weighted by atomic mass is 19.3. The van der Waals surface area contributed by atoms with Gasteiger partial charge in [0.1, 0.15) is 11.5 Å². The number of amides is 3. The molecule has 2 aliphatic rings. The summed E-state index contributed by atoms with van der Waals surface area (Å²) in [5.41, 5.74) is -3.70. The van der Waals surface area contributed by atoms with Crippen LogP contribution >= 0.6 is 0 Å². The van der Waals surface area contributed by atoms with Gasteiger partial charge in [0.15, 0.2) is 5.82 Å². The number of nitrogens with zero attached hydrogens (tertiary/aromatic N) is 3. The van der Waals surface area contributed by atoms with Gasteiger partial charge in [-0.1, -0.05) is 0 Å². The standard InChI is InChI=1S/C21H20F6N6O3/c1-9-10(17(34)29-12-3-2-11(22)14(15(12)23)16(24)25)4-5-33(9)19(36)18(35)30-20(7-21(26,27)8-20)13-6-28-32-31-13/h2-3,6,9-10,16H,4-5,7-8H2,1H3,(H,29,34)(H,30,35)(H,28,31,32)/t9-,10-/m0/s1. The van der Waals surface area contributed by atoms with E-state index in [1.54, 1.807) is 0 Å². The molecule has 1 saturated carbocycles. The number of nitrogens with one attached hydrogen (secondary N) is 3. The van der Waals surface area contributed by atoms with Gasteiger partial charge in [-0.25, -0.2) is 26.3 Å². The maximum atomic E-state index is 14.3. The summed E-state index contributed by atoms with van der Waals surface area (Å²) >= 11 is 0. The van der Waals surface area contributed by atoms with Gasteiger partial charge in [0.25, 0.3) is 12.3 Å². The maximum Gasteiger partial charge on any atom is 0.312 e. The van der Waals surface area contributed by atoms with E-state index in [1.165, 1.54) is 6.92 Å². The summed E-state index contributed by atoms with van der Waals surface area (Å²) < 4.78 is 81.0. The first-order valence-corrected chi connectivity index (χ1v) is 10.8. The molecule has 194 valence electrons. The first kappa shape index (κ1) is 25.4. The topological polar surface area (TPSA) is 120 Å². The van der Waals surface area contributed by atoms with Crippen molar-refractivity contribution in [3.05, 3.63) is 41.2 Å². The Morgan fingerprint density at radius 2 is 1.89 bits per heavy atom. The average Bonchev–Trinajstić information content (AvgIpc) is 3.44. The molecule has 2 fully saturated rings. The summed E-state index contributed by atoms with van der Waals surface area (Å²) in [5, 5.41) is 14.0. The molecule has 15 heteroatoms. The van der Waals surface area contributed by atoms with Gasteiger partial charge >= 0.3 is 11.8 Å². The molecule has 0 radical (unpaired) electrons. The zero-order valence-corrected chi connectivity index (χ0v) is 18.6. The molecule has 3 N–H and O–H groups in total. The average molecular weight is 518 g/mol. The molecule has 2 aromatic rings. The van der Waals surface area contributed by atoms with Crippen LogP contribution in [0.2, 0.25) is 0 Å². The highest BCUT2D eigenvalue weighted by Crippen LogP contribution is 2.51. The number of rotatable bonds is 5. The number of halogens is 6. The van der Waals surface area contributed by atoms with Gasteiger partial charge in [0.05, 0.1) is 28.9 Å². The molecular weight excluding hydrogens is 498 g/mol. The van der Waals surface area contributed by atoms with E-state index in [0.29, 0.717) is 6.07 Å².